The van der Waals surface area contributed by atoms with E-state index in [0.717, 1.165) is 36.6 Å². The molecule has 1 aliphatic rings. The van der Waals surface area contributed by atoms with Crippen LogP contribution in [-0.4, -0.2) is 44.7 Å². The van der Waals surface area contributed by atoms with Crippen molar-refractivity contribution in [3.05, 3.63) is 10.4 Å². The molecule has 0 aliphatic carbocycles. The van der Waals surface area contributed by atoms with E-state index in [2.05, 4.69) is 41.6 Å². The van der Waals surface area contributed by atoms with Crippen molar-refractivity contribution >= 4 is 33.1 Å². The van der Waals surface area contributed by atoms with Crippen molar-refractivity contribution in [2.45, 2.75) is 46.6 Å². The fourth-order valence-corrected chi connectivity index (χ4v) is 4.99. The summed E-state index contributed by atoms with van der Waals surface area (Å²) >= 11 is 1.84. The molecule has 4 heterocycles. The largest absolute Gasteiger partial charge is 0.369 e. The zero-order valence-electron chi connectivity index (χ0n) is 15.2. The Balaban J connectivity index is 1.78. The second-order valence-electron chi connectivity index (χ2n) is 7.32. The molecule has 3 aromatic rings. The molecule has 25 heavy (non-hydrogen) atoms. The van der Waals surface area contributed by atoms with Crippen LogP contribution in [0.2, 0.25) is 0 Å². The van der Waals surface area contributed by atoms with Gasteiger partial charge in [-0.3, -0.25) is 0 Å². The maximum atomic E-state index is 4.71. The molecule has 0 aromatic carbocycles. The molecule has 0 saturated heterocycles. The molecular formula is C17H26N7S+. The quantitative estimate of drug-likeness (QED) is 0.698. The Morgan fingerprint density at radius 1 is 1.36 bits per heavy atom. The summed E-state index contributed by atoms with van der Waals surface area (Å²) in [5.41, 5.74) is 1.46. The second-order valence-corrected chi connectivity index (χ2v) is 8.40. The lowest BCUT2D eigenvalue weighted by Crippen LogP contribution is -3.11. The monoisotopic (exact) mass is 360 g/mol. The lowest BCUT2D eigenvalue weighted by molar-refractivity contribution is -0.915. The lowest BCUT2D eigenvalue weighted by Gasteiger charge is -2.23. The van der Waals surface area contributed by atoms with Gasteiger partial charge in [0.25, 0.3) is 5.78 Å². The maximum absolute atomic E-state index is 4.71. The molecule has 4 rings (SSSR count). The lowest BCUT2D eigenvalue weighted by atomic mass is 10.0. The van der Waals surface area contributed by atoms with Crippen LogP contribution in [-0.2, 0) is 13.0 Å². The molecule has 7 nitrogen and oxygen atoms in total. The van der Waals surface area contributed by atoms with Crippen LogP contribution >= 0.6 is 11.3 Å². The third-order valence-corrected chi connectivity index (χ3v) is 6.13. The van der Waals surface area contributed by atoms with E-state index in [0.29, 0.717) is 11.7 Å². The van der Waals surface area contributed by atoms with Gasteiger partial charge in [-0.05, 0) is 34.7 Å². The highest BCUT2D eigenvalue weighted by Crippen LogP contribution is 2.36. The number of fused-ring (bicyclic) bond motifs is 5. The number of nitrogens with one attached hydrogen (secondary N) is 2. The van der Waals surface area contributed by atoms with Crippen molar-refractivity contribution in [3.63, 3.8) is 0 Å². The second kappa shape index (κ2) is 6.84. The highest BCUT2D eigenvalue weighted by molar-refractivity contribution is 7.19. The maximum Gasteiger partial charge on any atom is 0.276 e. The molecular weight excluding hydrogens is 334 g/mol. The van der Waals surface area contributed by atoms with E-state index in [1.165, 1.54) is 35.3 Å². The molecule has 3 aromatic heterocycles. The van der Waals surface area contributed by atoms with E-state index in [1.807, 2.05) is 11.3 Å². The van der Waals surface area contributed by atoms with Gasteiger partial charge in [0, 0.05) is 13.0 Å². The molecule has 134 valence electrons. The van der Waals surface area contributed by atoms with E-state index in [-0.39, 0.29) is 0 Å². The first-order valence-corrected chi connectivity index (χ1v) is 10.1. The van der Waals surface area contributed by atoms with Crippen LogP contribution in [0.1, 0.15) is 44.1 Å². The number of thiophene rings is 1. The van der Waals surface area contributed by atoms with Crippen molar-refractivity contribution in [1.82, 2.24) is 25.0 Å². The summed E-state index contributed by atoms with van der Waals surface area (Å²) in [6, 6.07) is 0. The topological polar surface area (TPSA) is 72.4 Å². The van der Waals surface area contributed by atoms with E-state index < -0.39 is 0 Å². The van der Waals surface area contributed by atoms with E-state index >= 15 is 0 Å². The van der Waals surface area contributed by atoms with Gasteiger partial charge in [-0.2, -0.15) is 9.50 Å². The van der Waals surface area contributed by atoms with Crippen LogP contribution in [0.15, 0.2) is 0 Å². The van der Waals surface area contributed by atoms with Crippen molar-refractivity contribution in [3.8, 4) is 0 Å². The van der Waals surface area contributed by atoms with Gasteiger partial charge >= 0.3 is 0 Å². The van der Waals surface area contributed by atoms with Gasteiger partial charge in [0.2, 0.25) is 0 Å². The van der Waals surface area contributed by atoms with Gasteiger partial charge < -0.3 is 10.2 Å². The van der Waals surface area contributed by atoms with Gasteiger partial charge in [-0.1, -0.05) is 25.9 Å². The minimum absolute atomic E-state index is 0.580. The van der Waals surface area contributed by atoms with Crippen LogP contribution in [0.3, 0.4) is 0 Å². The highest BCUT2D eigenvalue weighted by atomic mass is 32.1. The fraction of sp³-hybridized carbons (Fsp3) is 0.647. The molecule has 0 fully saturated rings. The van der Waals surface area contributed by atoms with Gasteiger partial charge in [-0.25, -0.2) is 0 Å². The van der Waals surface area contributed by atoms with Gasteiger partial charge in [0.1, 0.15) is 17.2 Å². The van der Waals surface area contributed by atoms with Crippen molar-refractivity contribution < 1.29 is 4.90 Å². The third-order valence-electron chi connectivity index (χ3n) is 4.92. The van der Waals surface area contributed by atoms with Crippen molar-refractivity contribution in [2.24, 2.45) is 5.92 Å². The Morgan fingerprint density at radius 3 is 3.04 bits per heavy atom. The number of tetrazole rings is 1. The molecule has 0 spiro atoms. The predicted octanol–water partition coefficient (Wildman–Crippen LogP) is 1.54. The Morgan fingerprint density at radius 2 is 2.24 bits per heavy atom. The summed E-state index contributed by atoms with van der Waals surface area (Å²) in [6.07, 6.45) is 3.47. The first-order valence-electron chi connectivity index (χ1n) is 9.27. The smallest absolute Gasteiger partial charge is 0.276 e. The first-order chi connectivity index (χ1) is 12.2. The van der Waals surface area contributed by atoms with Crippen LogP contribution in [0.25, 0.3) is 16.0 Å². The minimum Gasteiger partial charge on any atom is -0.369 e. The number of quaternary nitrogens is 1. The molecule has 8 heteroatoms. The summed E-state index contributed by atoms with van der Waals surface area (Å²) in [4.78, 5) is 8.99. The zero-order chi connectivity index (χ0) is 17.4. The molecule has 0 radical (unpaired) electrons. The Labute approximate surface area is 151 Å². The molecule has 1 atom stereocenters. The minimum atomic E-state index is 0.580. The fourth-order valence-electron chi connectivity index (χ4n) is 3.63. The zero-order valence-corrected chi connectivity index (χ0v) is 16.0. The number of aromatic nitrogens is 5. The molecule has 0 amide bonds. The summed E-state index contributed by atoms with van der Waals surface area (Å²) in [7, 11) is 0. The van der Waals surface area contributed by atoms with Crippen molar-refractivity contribution in [1.29, 1.82) is 0 Å². The van der Waals surface area contributed by atoms with E-state index in [9.17, 15) is 0 Å². The van der Waals surface area contributed by atoms with Crippen LogP contribution in [0.5, 0.6) is 0 Å². The van der Waals surface area contributed by atoms with E-state index in [4.69, 9.17) is 4.98 Å². The third kappa shape index (κ3) is 3.08. The average Bonchev–Trinajstić information content (AvgIpc) is 3.18. The Bertz CT molecular complexity index is 882. The average molecular weight is 361 g/mol. The molecule has 2 N–H and O–H groups in total. The SMILES string of the molecule is CCC[NH+]1CCc2c(sc3c2c(NCCC(C)C)nc2nnnn23)C1. The summed E-state index contributed by atoms with van der Waals surface area (Å²) < 4.78 is 1.80. The molecule has 1 unspecified atom stereocenters. The first kappa shape index (κ1) is 16.7. The summed E-state index contributed by atoms with van der Waals surface area (Å²) in [6.45, 7) is 11.2. The number of anilines is 1. The number of hydrogen-bond donors (Lipinski definition) is 2. The molecule has 1 aliphatic heterocycles. The van der Waals surface area contributed by atoms with Crippen LogP contribution < -0.4 is 10.2 Å². The predicted molar refractivity (Wildman–Crippen MR) is 100 cm³/mol. The van der Waals surface area contributed by atoms with Gasteiger partial charge in [-0.15, -0.1) is 11.3 Å². The Hall–Kier alpha value is -1.80. The van der Waals surface area contributed by atoms with Crippen LogP contribution in [0, 0.1) is 5.92 Å². The normalized spacial score (nSPS) is 17.5. The molecule has 0 bridgehead atoms. The van der Waals surface area contributed by atoms with Crippen LogP contribution in [0.4, 0.5) is 5.82 Å². The van der Waals surface area contributed by atoms with Crippen molar-refractivity contribution in [2.75, 3.05) is 25.0 Å². The number of rotatable bonds is 6. The van der Waals surface area contributed by atoms with Gasteiger partial charge in [0.15, 0.2) is 0 Å². The van der Waals surface area contributed by atoms with Gasteiger partial charge in [0.05, 0.1) is 23.4 Å². The number of hydrogen-bond acceptors (Lipinski definition) is 6. The highest BCUT2D eigenvalue weighted by Gasteiger charge is 2.27. The Kier molecular flexibility index (Phi) is 4.56. The van der Waals surface area contributed by atoms with E-state index in [1.54, 1.807) is 9.42 Å². The summed E-state index contributed by atoms with van der Waals surface area (Å²) in [5, 5.41) is 16.9. The standard InChI is InChI=1S/C17H25N7S/c1-4-8-23-9-6-12-13(10-23)25-16-14(12)15(18-7-5-11(2)3)19-17-20-21-22-24(16)17/h11H,4-10H2,1-3H3,(H,18,19,20,22)/p+1. The summed E-state index contributed by atoms with van der Waals surface area (Å²) in [5.74, 6) is 2.20. The number of nitrogens with zero attached hydrogens (tertiary/aromatic N) is 5. The molecule has 0 saturated carbocycles.